The predicted octanol–water partition coefficient (Wildman–Crippen LogP) is 4.77. The summed E-state index contributed by atoms with van der Waals surface area (Å²) in [5.41, 5.74) is 3.24. The van der Waals surface area contributed by atoms with Gasteiger partial charge in [-0.3, -0.25) is 0 Å². The summed E-state index contributed by atoms with van der Waals surface area (Å²) in [6.07, 6.45) is -0.425. The SMILES string of the molecule is CI.CNC(=O)Oc1c(C(C)C)cc(N(C)C)cc1C(C)C. The molecular weight excluding hydrogens is 391 g/mol. The van der Waals surface area contributed by atoms with Crippen molar-refractivity contribution < 1.29 is 9.53 Å². The van der Waals surface area contributed by atoms with Crippen molar-refractivity contribution in [1.82, 2.24) is 5.32 Å². The molecule has 4 nitrogen and oxygen atoms in total. The van der Waals surface area contributed by atoms with Crippen molar-refractivity contribution in [3.63, 3.8) is 0 Å². The molecule has 0 aromatic heterocycles. The number of ether oxygens (including phenoxy) is 1. The average Bonchev–Trinajstić information content (AvgIpc) is 2.48. The maximum Gasteiger partial charge on any atom is 0.412 e. The van der Waals surface area contributed by atoms with Gasteiger partial charge < -0.3 is 15.0 Å². The van der Waals surface area contributed by atoms with Crippen molar-refractivity contribution in [2.75, 3.05) is 31.0 Å². The second-order valence-corrected chi connectivity index (χ2v) is 5.80. The van der Waals surface area contributed by atoms with Crippen molar-refractivity contribution >= 4 is 34.4 Å². The topological polar surface area (TPSA) is 41.6 Å². The van der Waals surface area contributed by atoms with Crippen LogP contribution >= 0.6 is 22.6 Å². The Morgan fingerprint density at radius 3 is 1.77 bits per heavy atom. The second kappa shape index (κ2) is 9.92. The third-order valence-corrected chi connectivity index (χ3v) is 3.29. The predicted molar refractivity (Wildman–Crippen MR) is 104 cm³/mol. The van der Waals surface area contributed by atoms with Crippen molar-refractivity contribution in [3.8, 4) is 5.75 Å². The van der Waals surface area contributed by atoms with Gasteiger partial charge in [-0.05, 0) is 40.0 Å². The molecule has 0 heterocycles. The van der Waals surface area contributed by atoms with E-state index in [9.17, 15) is 4.79 Å². The van der Waals surface area contributed by atoms with Crippen LogP contribution < -0.4 is 15.0 Å². The molecule has 0 unspecified atom stereocenters. The molecule has 1 aromatic rings. The Balaban J connectivity index is 0.00000211. The molecule has 0 spiro atoms. The minimum atomic E-state index is -0.425. The highest BCUT2D eigenvalue weighted by Gasteiger charge is 2.20. The quantitative estimate of drug-likeness (QED) is 0.564. The molecular formula is C17H29IN2O2. The Bertz CT molecular complexity index is 457. The van der Waals surface area contributed by atoms with Gasteiger partial charge >= 0.3 is 6.09 Å². The molecule has 0 atom stereocenters. The van der Waals surface area contributed by atoms with Crippen LogP contribution in [0.3, 0.4) is 0 Å². The molecule has 1 N–H and O–H groups in total. The van der Waals surface area contributed by atoms with E-state index in [4.69, 9.17) is 4.74 Å². The normalized spacial score (nSPS) is 10.1. The lowest BCUT2D eigenvalue weighted by Gasteiger charge is -2.23. The summed E-state index contributed by atoms with van der Waals surface area (Å²) in [6, 6.07) is 4.18. The molecule has 0 aliphatic carbocycles. The van der Waals surface area contributed by atoms with Gasteiger partial charge in [0.2, 0.25) is 0 Å². The molecule has 126 valence electrons. The molecule has 0 radical (unpaired) electrons. The lowest BCUT2D eigenvalue weighted by molar-refractivity contribution is 0.202. The molecule has 1 aromatic carbocycles. The molecule has 0 aliphatic heterocycles. The zero-order chi connectivity index (χ0) is 17.4. The maximum absolute atomic E-state index is 11.6. The lowest BCUT2D eigenvalue weighted by atomic mass is 9.93. The number of rotatable bonds is 4. The first-order chi connectivity index (χ1) is 10.3. The van der Waals surface area contributed by atoms with E-state index in [1.54, 1.807) is 7.05 Å². The van der Waals surface area contributed by atoms with Gasteiger partial charge in [0.1, 0.15) is 5.75 Å². The van der Waals surface area contributed by atoms with E-state index in [0.29, 0.717) is 5.75 Å². The zero-order valence-corrected chi connectivity index (χ0v) is 17.1. The van der Waals surface area contributed by atoms with E-state index in [1.165, 1.54) is 0 Å². The van der Waals surface area contributed by atoms with Gasteiger partial charge in [0.05, 0.1) is 0 Å². The largest absolute Gasteiger partial charge is 0.412 e. The van der Waals surface area contributed by atoms with Crippen LogP contribution in [-0.4, -0.2) is 32.2 Å². The number of alkyl halides is 1. The fourth-order valence-electron chi connectivity index (χ4n) is 2.04. The standard InChI is InChI=1S/C16H26N2O2.CH3I/c1-10(2)13-8-12(18(6)7)9-14(11(3)4)15(13)20-16(19)17-5;1-2/h8-11H,1-7H3,(H,17,19);1H3. The summed E-state index contributed by atoms with van der Waals surface area (Å²) >= 11 is 2.15. The second-order valence-electron chi connectivity index (χ2n) is 5.80. The summed E-state index contributed by atoms with van der Waals surface area (Å²) < 4.78 is 5.51. The van der Waals surface area contributed by atoms with E-state index in [2.05, 4.69) is 72.6 Å². The van der Waals surface area contributed by atoms with E-state index >= 15 is 0 Å². The van der Waals surface area contributed by atoms with Gasteiger partial charge in [-0.15, -0.1) is 0 Å². The number of hydrogen-bond acceptors (Lipinski definition) is 3. The molecule has 0 bridgehead atoms. The summed E-state index contributed by atoms with van der Waals surface area (Å²) in [4.78, 5) is 15.6. The highest BCUT2D eigenvalue weighted by Crippen LogP contribution is 2.38. The molecule has 5 heteroatoms. The zero-order valence-electron chi connectivity index (χ0n) is 15.0. The van der Waals surface area contributed by atoms with E-state index in [0.717, 1.165) is 16.8 Å². The van der Waals surface area contributed by atoms with Gasteiger partial charge in [-0.25, -0.2) is 4.79 Å². The summed E-state index contributed by atoms with van der Waals surface area (Å²) in [7, 11) is 5.60. The van der Waals surface area contributed by atoms with E-state index in [-0.39, 0.29) is 11.8 Å². The Hall–Kier alpha value is -0.980. The number of carbonyl (C=O) groups is 1. The molecule has 0 saturated heterocycles. The van der Waals surface area contributed by atoms with Crippen molar-refractivity contribution in [1.29, 1.82) is 0 Å². The number of benzene rings is 1. The van der Waals surface area contributed by atoms with E-state index in [1.807, 2.05) is 19.0 Å². The monoisotopic (exact) mass is 420 g/mol. The first-order valence-corrected chi connectivity index (χ1v) is 9.56. The smallest absolute Gasteiger partial charge is 0.410 e. The maximum atomic E-state index is 11.6. The fourth-order valence-corrected chi connectivity index (χ4v) is 2.04. The van der Waals surface area contributed by atoms with Crippen molar-refractivity contribution in [2.45, 2.75) is 39.5 Å². The molecule has 22 heavy (non-hydrogen) atoms. The van der Waals surface area contributed by atoms with Crippen LogP contribution in [0, 0.1) is 0 Å². The molecule has 1 rings (SSSR count). The van der Waals surface area contributed by atoms with Gasteiger partial charge in [0.15, 0.2) is 0 Å². The summed E-state index contributed by atoms with van der Waals surface area (Å²) in [6.45, 7) is 8.43. The first-order valence-electron chi connectivity index (χ1n) is 7.40. The van der Waals surface area contributed by atoms with Crippen LogP contribution in [0.15, 0.2) is 12.1 Å². The fraction of sp³-hybridized carbons (Fsp3) is 0.588. The summed E-state index contributed by atoms with van der Waals surface area (Å²) in [5.74, 6) is 1.26. The number of hydrogen-bond donors (Lipinski definition) is 1. The minimum Gasteiger partial charge on any atom is -0.410 e. The number of nitrogens with one attached hydrogen (secondary N) is 1. The Kier molecular flexibility index (Phi) is 9.48. The van der Waals surface area contributed by atoms with Crippen LogP contribution in [0.1, 0.15) is 50.7 Å². The highest BCUT2D eigenvalue weighted by atomic mass is 127. The van der Waals surface area contributed by atoms with Crippen molar-refractivity contribution in [2.24, 2.45) is 0 Å². The number of anilines is 1. The van der Waals surface area contributed by atoms with Crippen molar-refractivity contribution in [3.05, 3.63) is 23.3 Å². The average molecular weight is 420 g/mol. The van der Waals surface area contributed by atoms with E-state index < -0.39 is 6.09 Å². The summed E-state index contributed by atoms with van der Waals surface area (Å²) in [5, 5.41) is 2.51. The van der Waals surface area contributed by atoms with Crippen LogP contribution in [-0.2, 0) is 0 Å². The number of amides is 1. The lowest BCUT2D eigenvalue weighted by Crippen LogP contribution is -2.24. The van der Waals surface area contributed by atoms with Crippen LogP contribution in [0.2, 0.25) is 0 Å². The molecule has 1 amide bonds. The Labute approximate surface area is 148 Å². The van der Waals surface area contributed by atoms with Crippen LogP contribution in [0.4, 0.5) is 10.5 Å². The van der Waals surface area contributed by atoms with Gasteiger partial charge in [0, 0.05) is 26.8 Å². The Morgan fingerprint density at radius 1 is 1.09 bits per heavy atom. The van der Waals surface area contributed by atoms with Gasteiger partial charge in [-0.1, -0.05) is 50.3 Å². The Morgan fingerprint density at radius 2 is 1.50 bits per heavy atom. The first kappa shape index (κ1) is 21.0. The number of halogens is 1. The third-order valence-electron chi connectivity index (χ3n) is 3.29. The minimum absolute atomic E-state index is 0.284. The third kappa shape index (κ3) is 5.66. The van der Waals surface area contributed by atoms with Gasteiger partial charge in [-0.2, -0.15) is 0 Å². The number of carbonyl (C=O) groups excluding carboxylic acids is 1. The van der Waals surface area contributed by atoms with Crippen LogP contribution in [0.25, 0.3) is 0 Å². The molecule has 0 fully saturated rings. The molecule has 0 saturated carbocycles. The van der Waals surface area contributed by atoms with Gasteiger partial charge in [0.25, 0.3) is 0 Å². The molecule has 0 aliphatic rings. The number of nitrogens with zero attached hydrogens (tertiary/aromatic N) is 1. The highest BCUT2D eigenvalue weighted by molar-refractivity contribution is 14.1. The van der Waals surface area contributed by atoms with Crippen LogP contribution in [0.5, 0.6) is 5.75 Å².